The van der Waals surface area contributed by atoms with Gasteiger partial charge in [0.25, 0.3) is 0 Å². The summed E-state index contributed by atoms with van der Waals surface area (Å²) in [5.41, 5.74) is 3.39. The van der Waals surface area contributed by atoms with E-state index in [1.165, 1.54) is 22.7 Å². The van der Waals surface area contributed by atoms with Gasteiger partial charge < -0.3 is 5.11 Å². The zero-order valence-electron chi connectivity index (χ0n) is 11.7. The molecule has 0 fully saturated rings. The lowest BCUT2D eigenvalue weighted by atomic mass is 10.0. The number of carboxylic acid groups (broad SMARTS) is 1. The Morgan fingerprint density at radius 2 is 1.91 bits per heavy atom. The van der Waals surface area contributed by atoms with Crippen LogP contribution >= 0.6 is 34.3 Å². The number of Topliss-reactive ketones (excluding diaryl/α,β-unsaturated/α-hetero) is 1. The van der Waals surface area contributed by atoms with E-state index < -0.39 is 5.97 Å². The summed E-state index contributed by atoms with van der Waals surface area (Å²) in [5, 5.41) is 13.5. The first-order valence-corrected chi connectivity index (χ1v) is 8.77. The Bertz CT molecular complexity index is 854. The molecule has 0 radical (unpaired) electrons. The van der Waals surface area contributed by atoms with Crippen LogP contribution in [0.25, 0.3) is 10.4 Å². The van der Waals surface area contributed by atoms with E-state index in [0.29, 0.717) is 21.2 Å². The summed E-state index contributed by atoms with van der Waals surface area (Å²) in [7, 11) is 0. The number of thiophene rings is 1. The maximum absolute atomic E-state index is 12.2. The predicted molar refractivity (Wildman–Crippen MR) is 91.9 cm³/mol. The first-order chi connectivity index (χ1) is 11.1. The molecule has 0 atom stereocenters. The van der Waals surface area contributed by atoms with Crippen molar-refractivity contribution in [3.63, 3.8) is 0 Å². The summed E-state index contributed by atoms with van der Waals surface area (Å²) < 4.78 is 0. The molecule has 0 bridgehead atoms. The lowest BCUT2D eigenvalue weighted by Gasteiger charge is -2.03. The van der Waals surface area contributed by atoms with E-state index in [2.05, 4.69) is 4.98 Å². The standard InChI is InChI=1S/C16H10ClNO3S2/c17-11-3-1-9(2-4-11)15-14(16(20)21)10(6-23-15)5-13(19)12-7-22-8-18-12/h1-4,6-8H,5H2,(H,20,21). The van der Waals surface area contributed by atoms with E-state index in [-0.39, 0.29) is 17.8 Å². The van der Waals surface area contributed by atoms with Crippen molar-refractivity contribution in [2.24, 2.45) is 0 Å². The maximum atomic E-state index is 12.2. The molecular formula is C16H10ClNO3S2. The molecule has 0 unspecified atom stereocenters. The van der Waals surface area contributed by atoms with Crippen LogP contribution in [-0.4, -0.2) is 21.8 Å². The second-order valence-electron chi connectivity index (χ2n) is 4.75. The highest BCUT2D eigenvalue weighted by Crippen LogP contribution is 2.34. The van der Waals surface area contributed by atoms with E-state index in [9.17, 15) is 14.7 Å². The number of aromatic carboxylic acids is 1. The number of halogens is 1. The minimum Gasteiger partial charge on any atom is -0.478 e. The Kier molecular flexibility index (Phi) is 4.56. The Labute approximate surface area is 145 Å². The van der Waals surface area contributed by atoms with E-state index >= 15 is 0 Å². The molecule has 23 heavy (non-hydrogen) atoms. The summed E-state index contributed by atoms with van der Waals surface area (Å²) in [6, 6.07) is 6.96. The van der Waals surface area contributed by atoms with Crippen molar-refractivity contribution in [2.45, 2.75) is 6.42 Å². The van der Waals surface area contributed by atoms with Gasteiger partial charge in [0.05, 0.1) is 11.1 Å². The van der Waals surface area contributed by atoms with Crippen molar-refractivity contribution < 1.29 is 14.7 Å². The van der Waals surface area contributed by atoms with E-state index in [1.54, 1.807) is 40.5 Å². The van der Waals surface area contributed by atoms with E-state index in [4.69, 9.17) is 11.6 Å². The average molecular weight is 364 g/mol. The second-order valence-corrected chi connectivity index (χ2v) is 6.79. The fourth-order valence-corrected chi connectivity index (χ4v) is 3.94. The SMILES string of the molecule is O=C(Cc1csc(-c2ccc(Cl)cc2)c1C(=O)O)c1cscn1. The lowest BCUT2D eigenvalue weighted by Crippen LogP contribution is -2.08. The molecule has 0 aliphatic heterocycles. The Morgan fingerprint density at radius 1 is 1.17 bits per heavy atom. The van der Waals surface area contributed by atoms with Crippen LogP contribution in [0.5, 0.6) is 0 Å². The summed E-state index contributed by atoms with van der Waals surface area (Å²) in [4.78, 5) is 28.4. The molecule has 1 aromatic carbocycles. The third-order valence-corrected chi connectivity index (χ3v) is 5.17. The molecule has 0 aliphatic rings. The summed E-state index contributed by atoms with van der Waals surface area (Å²) in [6.07, 6.45) is 0.0233. The number of carbonyl (C=O) groups is 2. The molecule has 0 saturated carbocycles. The molecule has 116 valence electrons. The highest BCUT2D eigenvalue weighted by Gasteiger charge is 2.22. The topological polar surface area (TPSA) is 67.3 Å². The van der Waals surface area contributed by atoms with Crippen LogP contribution in [0.4, 0.5) is 0 Å². The van der Waals surface area contributed by atoms with Crippen molar-refractivity contribution in [3.8, 4) is 10.4 Å². The third-order valence-electron chi connectivity index (χ3n) is 3.26. The van der Waals surface area contributed by atoms with Crippen molar-refractivity contribution in [1.29, 1.82) is 0 Å². The van der Waals surface area contributed by atoms with Gasteiger partial charge in [-0.05, 0) is 28.6 Å². The van der Waals surface area contributed by atoms with Crippen molar-refractivity contribution in [3.05, 3.63) is 62.4 Å². The number of hydrogen-bond acceptors (Lipinski definition) is 5. The summed E-state index contributed by atoms with van der Waals surface area (Å²) >= 11 is 8.51. The summed E-state index contributed by atoms with van der Waals surface area (Å²) in [5.74, 6) is -1.23. The van der Waals surface area contributed by atoms with Crippen LogP contribution in [-0.2, 0) is 6.42 Å². The number of ketones is 1. The van der Waals surface area contributed by atoms with Gasteiger partial charge in [-0.3, -0.25) is 4.79 Å². The van der Waals surface area contributed by atoms with Gasteiger partial charge in [0.15, 0.2) is 5.78 Å². The van der Waals surface area contributed by atoms with Gasteiger partial charge in [0.2, 0.25) is 0 Å². The van der Waals surface area contributed by atoms with Crippen LogP contribution in [0.15, 0.2) is 40.5 Å². The van der Waals surface area contributed by atoms with Crippen LogP contribution in [0.2, 0.25) is 5.02 Å². The molecule has 0 spiro atoms. The van der Waals surface area contributed by atoms with Crippen molar-refractivity contribution in [1.82, 2.24) is 4.98 Å². The van der Waals surface area contributed by atoms with Gasteiger partial charge in [-0.1, -0.05) is 23.7 Å². The molecule has 1 N–H and O–H groups in total. The van der Waals surface area contributed by atoms with Gasteiger partial charge in [0.1, 0.15) is 5.69 Å². The third kappa shape index (κ3) is 3.34. The quantitative estimate of drug-likeness (QED) is 0.670. The number of carbonyl (C=O) groups excluding carboxylic acids is 1. The summed E-state index contributed by atoms with van der Waals surface area (Å²) in [6.45, 7) is 0. The van der Waals surface area contributed by atoms with Gasteiger partial charge in [-0.25, -0.2) is 9.78 Å². The smallest absolute Gasteiger partial charge is 0.337 e. The fourth-order valence-electron chi connectivity index (χ4n) is 2.19. The number of thiazole rings is 1. The predicted octanol–water partition coefficient (Wildman–Crippen LogP) is 4.65. The van der Waals surface area contributed by atoms with E-state index in [1.807, 2.05) is 0 Å². The number of carboxylic acids is 1. The molecule has 0 amide bonds. The van der Waals surface area contributed by atoms with Crippen LogP contribution in [0.1, 0.15) is 26.4 Å². The molecule has 7 heteroatoms. The van der Waals surface area contributed by atoms with Crippen LogP contribution in [0.3, 0.4) is 0 Å². The molecule has 2 heterocycles. The molecule has 3 rings (SSSR count). The number of nitrogens with zero attached hydrogens (tertiary/aromatic N) is 1. The van der Waals surface area contributed by atoms with Crippen LogP contribution in [0, 0.1) is 0 Å². The number of rotatable bonds is 5. The van der Waals surface area contributed by atoms with E-state index in [0.717, 1.165) is 5.56 Å². The first-order valence-electron chi connectivity index (χ1n) is 6.57. The molecule has 3 aromatic rings. The monoisotopic (exact) mass is 363 g/mol. The fraction of sp³-hybridized carbons (Fsp3) is 0.0625. The molecule has 2 aromatic heterocycles. The van der Waals surface area contributed by atoms with Gasteiger partial charge in [0, 0.05) is 21.7 Å². The number of hydrogen-bond donors (Lipinski definition) is 1. The largest absolute Gasteiger partial charge is 0.478 e. The zero-order chi connectivity index (χ0) is 16.4. The maximum Gasteiger partial charge on any atom is 0.337 e. The average Bonchev–Trinajstić information content (AvgIpc) is 3.17. The molecule has 4 nitrogen and oxygen atoms in total. The van der Waals surface area contributed by atoms with Gasteiger partial charge in [-0.2, -0.15) is 0 Å². The lowest BCUT2D eigenvalue weighted by molar-refractivity contribution is 0.0697. The molecule has 0 aliphatic carbocycles. The Hall–Kier alpha value is -2.02. The number of aromatic nitrogens is 1. The minimum atomic E-state index is -1.04. The second kappa shape index (κ2) is 6.62. The van der Waals surface area contributed by atoms with Crippen LogP contribution < -0.4 is 0 Å². The van der Waals surface area contributed by atoms with Crippen molar-refractivity contribution in [2.75, 3.05) is 0 Å². The minimum absolute atomic E-state index is 0.0233. The Balaban J connectivity index is 1.97. The Morgan fingerprint density at radius 3 is 2.52 bits per heavy atom. The molecule has 0 saturated heterocycles. The normalized spacial score (nSPS) is 10.7. The zero-order valence-corrected chi connectivity index (χ0v) is 14.0. The van der Waals surface area contributed by atoms with Crippen molar-refractivity contribution >= 4 is 46.0 Å². The van der Waals surface area contributed by atoms with Gasteiger partial charge in [-0.15, -0.1) is 22.7 Å². The highest BCUT2D eigenvalue weighted by atomic mass is 35.5. The number of benzene rings is 1. The van der Waals surface area contributed by atoms with Gasteiger partial charge >= 0.3 is 5.97 Å². The molecular weight excluding hydrogens is 354 g/mol. The first kappa shape index (κ1) is 15.9. The highest BCUT2D eigenvalue weighted by molar-refractivity contribution is 7.14.